The normalized spacial score (nSPS) is 12.4. The Kier molecular flexibility index (Phi) is 6.38. The van der Waals surface area contributed by atoms with Crippen molar-refractivity contribution in [2.24, 2.45) is 0 Å². The van der Waals surface area contributed by atoms with Crippen LogP contribution >= 0.6 is 0 Å². The standard InChI is InChI=1S/C14H17F3N2O2S/c1-2-3-8-19(9-7-18)22(20,21)11-12-5-4-6-13(10-12)14(15,16)17/h4-6,10H,2-3,8-9,11H2,1H3. The highest BCUT2D eigenvalue weighted by Gasteiger charge is 2.31. The molecule has 0 heterocycles. The summed E-state index contributed by atoms with van der Waals surface area (Å²) in [6, 6.07) is 5.99. The minimum atomic E-state index is -4.52. The lowest BCUT2D eigenvalue weighted by Gasteiger charge is -2.19. The lowest BCUT2D eigenvalue weighted by Crippen LogP contribution is -2.33. The van der Waals surface area contributed by atoms with Crippen molar-refractivity contribution in [1.29, 1.82) is 5.26 Å². The first-order valence-corrected chi connectivity index (χ1v) is 8.32. The maximum atomic E-state index is 12.6. The Morgan fingerprint density at radius 1 is 1.32 bits per heavy atom. The summed E-state index contributed by atoms with van der Waals surface area (Å²) in [7, 11) is -3.83. The second-order valence-corrected chi connectivity index (χ2v) is 6.77. The van der Waals surface area contributed by atoms with Gasteiger partial charge in [0, 0.05) is 6.54 Å². The van der Waals surface area contributed by atoms with Crippen LogP contribution in [-0.2, 0) is 22.0 Å². The van der Waals surface area contributed by atoms with Crippen LogP contribution in [0.5, 0.6) is 0 Å². The monoisotopic (exact) mass is 334 g/mol. The van der Waals surface area contributed by atoms with Gasteiger partial charge in [-0.25, -0.2) is 8.42 Å². The van der Waals surface area contributed by atoms with Crippen molar-refractivity contribution in [1.82, 2.24) is 4.31 Å². The third-order valence-corrected chi connectivity index (χ3v) is 4.80. The molecule has 0 N–H and O–H groups in total. The van der Waals surface area contributed by atoms with Crippen LogP contribution in [0, 0.1) is 11.3 Å². The lowest BCUT2D eigenvalue weighted by molar-refractivity contribution is -0.137. The molecule has 0 amide bonds. The average Bonchev–Trinajstić information content (AvgIpc) is 2.42. The molecule has 0 saturated carbocycles. The van der Waals surface area contributed by atoms with Crippen molar-refractivity contribution in [2.45, 2.75) is 31.7 Å². The van der Waals surface area contributed by atoms with Gasteiger partial charge >= 0.3 is 6.18 Å². The summed E-state index contributed by atoms with van der Waals surface area (Å²) >= 11 is 0. The zero-order chi connectivity index (χ0) is 16.8. The number of unbranched alkanes of at least 4 members (excludes halogenated alkanes) is 1. The molecule has 8 heteroatoms. The number of alkyl halides is 3. The summed E-state index contributed by atoms with van der Waals surface area (Å²) in [5.41, 5.74) is -0.838. The van der Waals surface area contributed by atoms with Gasteiger partial charge in [0.2, 0.25) is 10.0 Å². The van der Waals surface area contributed by atoms with Gasteiger partial charge in [-0.1, -0.05) is 31.5 Å². The molecule has 0 aliphatic rings. The van der Waals surface area contributed by atoms with E-state index in [1.54, 1.807) is 6.07 Å². The summed E-state index contributed by atoms with van der Waals surface area (Å²) in [6.07, 6.45) is -3.18. The molecule has 0 radical (unpaired) electrons. The first-order valence-electron chi connectivity index (χ1n) is 6.71. The second-order valence-electron chi connectivity index (χ2n) is 4.80. The Hall–Kier alpha value is -1.59. The number of sulfonamides is 1. The fourth-order valence-electron chi connectivity index (χ4n) is 1.87. The van der Waals surface area contributed by atoms with Crippen LogP contribution in [0.15, 0.2) is 24.3 Å². The smallest absolute Gasteiger partial charge is 0.212 e. The van der Waals surface area contributed by atoms with Crippen LogP contribution in [0.25, 0.3) is 0 Å². The van der Waals surface area contributed by atoms with Crippen molar-refractivity contribution in [3.8, 4) is 6.07 Å². The number of hydrogen-bond donors (Lipinski definition) is 0. The second kappa shape index (κ2) is 7.61. The van der Waals surface area contributed by atoms with Gasteiger partial charge in [0.1, 0.15) is 6.54 Å². The molecule has 0 aliphatic carbocycles. The zero-order valence-electron chi connectivity index (χ0n) is 12.1. The quantitative estimate of drug-likeness (QED) is 0.720. The van der Waals surface area contributed by atoms with Crippen LogP contribution in [0.4, 0.5) is 13.2 Å². The highest BCUT2D eigenvalue weighted by atomic mass is 32.2. The average molecular weight is 334 g/mol. The van der Waals surface area contributed by atoms with E-state index in [1.165, 1.54) is 12.1 Å². The van der Waals surface area contributed by atoms with Gasteiger partial charge in [0.05, 0.1) is 17.4 Å². The number of benzene rings is 1. The van der Waals surface area contributed by atoms with E-state index in [9.17, 15) is 21.6 Å². The van der Waals surface area contributed by atoms with Crippen LogP contribution in [0.3, 0.4) is 0 Å². The topological polar surface area (TPSA) is 61.2 Å². The molecule has 1 aromatic carbocycles. The molecular formula is C14H17F3N2O2S. The number of rotatable bonds is 7. The van der Waals surface area contributed by atoms with Crippen molar-refractivity contribution < 1.29 is 21.6 Å². The molecular weight excluding hydrogens is 317 g/mol. The molecule has 0 aliphatic heterocycles. The van der Waals surface area contributed by atoms with Gasteiger partial charge in [-0.05, 0) is 18.1 Å². The first-order chi connectivity index (χ1) is 10.2. The number of halogens is 3. The van der Waals surface area contributed by atoms with Crippen LogP contribution in [0.2, 0.25) is 0 Å². The molecule has 0 fully saturated rings. The summed E-state index contributed by atoms with van der Waals surface area (Å²) in [6.45, 7) is 1.76. The fourth-order valence-corrected chi connectivity index (χ4v) is 3.31. The van der Waals surface area contributed by atoms with Gasteiger partial charge in [0.15, 0.2) is 0 Å². The largest absolute Gasteiger partial charge is 0.416 e. The van der Waals surface area contributed by atoms with Crippen molar-refractivity contribution in [3.63, 3.8) is 0 Å². The third-order valence-electron chi connectivity index (χ3n) is 3.00. The zero-order valence-corrected chi connectivity index (χ0v) is 12.9. The molecule has 1 aromatic rings. The minimum absolute atomic E-state index is 0.0502. The third kappa shape index (κ3) is 5.31. The number of nitriles is 1. The van der Waals surface area contributed by atoms with Gasteiger partial charge in [-0.2, -0.15) is 22.7 Å². The predicted octanol–water partition coefficient (Wildman–Crippen LogP) is 3.16. The van der Waals surface area contributed by atoms with E-state index >= 15 is 0 Å². The van der Waals surface area contributed by atoms with E-state index in [0.717, 1.165) is 22.9 Å². The molecule has 0 bridgehead atoms. The SMILES string of the molecule is CCCCN(CC#N)S(=O)(=O)Cc1cccc(C(F)(F)F)c1. The Morgan fingerprint density at radius 2 is 2.00 bits per heavy atom. The summed E-state index contributed by atoms with van der Waals surface area (Å²) in [5.74, 6) is -0.553. The van der Waals surface area contributed by atoms with Gasteiger partial charge in [-0.3, -0.25) is 0 Å². The predicted molar refractivity (Wildman–Crippen MR) is 76.2 cm³/mol. The van der Waals surface area contributed by atoms with E-state index in [0.29, 0.717) is 6.42 Å². The minimum Gasteiger partial charge on any atom is -0.212 e. The molecule has 122 valence electrons. The number of hydrogen-bond acceptors (Lipinski definition) is 3. The molecule has 0 aromatic heterocycles. The highest BCUT2D eigenvalue weighted by Crippen LogP contribution is 2.30. The molecule has 4 nitrogen and oxygen atoms in total. The van der Waals surface area contributed by atoms with E-state index < -0.39 is 27.5 Å². The first kappa shape index (κ1) is 18.5. The van der Waals surface area contributed by atoms with Gasteiger partial charge < -0.3 is 0 Å². The number of nitrogens with zero attached hydrogens (tertiary/aromatic N) is 2. The Morgan fingerprint density at radius 3 is 2.55 bits per heavy atom. The van der Waals surface area contributed by atoms with Crippen molar-refractivity contribution >= 4 is 10.0 Å². The molecule has 0 unspecified atom stereocenters. The lowest BCUT2D eigenvalue weighted by atomic mass is 10.1. The van der Waals surface area contributed by atoms with Crippen LogP contribution in [0.1, 0.15) is 30.9 Å². The van der Waals surface area contributed by atoms with Crippen molar-refractivity contribution in [3.05, 3.63) is 35.4 Å². The van der Waals surface area contributed by atoms with Gasteiger partial charge in [0.25, 0.3) is 0 Å². The van der Waals surface area contributed by atoms with E-state index in [2.05, 4.69) is 0 Å². The molecule has 1 rings (SSSR count). The van der Waals surface area contributed by atoms with Crippen LogP contribution < -0.4 is 0 Å². The van der Waals surface area contributed by atoms with E-state index in [4.69, 9.17) is 5.26 Å². The maximum absolute atomic E-state index is 12.6. The Balaban J connectivity index is 2.98. The molecule has 22 heavy (non-hydrogen) atoms. The maximum Gasteiger partial charge on any atom is 0.416 e. The summed E-state index contributed by atoms with van der Waals surface area (Å²) < 4.78 is 63.4. The Bertz CT molecular complexity index is 636. The van der Waals surface area contributed by atoms with Gasteiger partial charge in [-0.15, -0.1) is 0 Å². The summed E-state index contributed by atoms with van der Waals surface area (Å²) in [5, 5.41) is 8.71. The summed E-state index contributed by atoms with van der Waals surface area (Å²) in [4.78, 5) is 0. The molecule has 0 spiro atoms. The molecule has 0 saturated heterocycles. The highest BCUT2D eigenvalue weighted by molar-refractivity contribution is 7.88. The van der Waals surface area contributed by atoms with E-state index in [1.807, 2.05) is 6.92 Å². The molecule has 0 atom stereocenters. The van der Waals surface area contributed by atoms with E-state index in [-0.39, 0.29) is 18.7 Å². The Labute approximate surface area is 128 Å². The van der Waals surface area contributed by atoms with Crippen molar-refractivity contribution in [2.75, 3.05) is 13.1 Å². The van der Waals surface area contributed by atoms with Crippen LogP contribution in [-0.4, -0.2) is 25.8 Å². The fraction of sp³-hybridized carbons (Fsp3) is 0.500.